The number of halogens is 2. The summed E-state index contributed by atoms with van der Waals surface area (Å²) in [4.78, 5) is 46.6. The Morgan fingerprint density at radius 1 is 1.32 bits per heavy atom. The van der Waals surface area contributed by atoms with Crippen LogP contribution >= 0.6 is 0 Å². The van der Waals surface area contributed by atoms with Gasteiger partial charge in [0.25, 0.3) is 5.56 Å². The number of rotatable bonds is 5. The van der Waals surface area contributed by atoms with Crippen molar-refractivity contribution in [3.05, 3.63) is 32.9 Å². The normalized spacial score (nSPS) is 21.8. The van der Waals surface area contributed by atoms with Gasteiger partial charge < -0.3 is 14.2 Å². The van der Waals surface area contributed by atoms with Gasteiger partial charge in [-0.05, 0) is 0 Å². The summed E-state index contributed by atoms with van der Waals surface area (Å²) in [5.74, 6) is -2.64. The van der Waals surface area contributed by atoms with Crippen molar-refractivity contribution in [3.63, 3.8) is 0 Å². The van der Waals surface area contributed by atoms with Gasteiger partial charge in [-0.2, -0.15) is 4.39 Å². The standard InChI is InChI=1S/C14H16F2N2O7/c1-7(19)23-5-14(6-24-8(2)20)3-9(15)12(25-14)18-4-10(16)11(21)17-13(18)22/h4,9,12H,3,5-6H2,1-2H3,(H,17,21,22)/t9-,12?/m0/s1. The Morgan fingerprint density at radius 3 is 2.40 bits per heavy atom. The molecule has 1 unspecified atom stereocenters. The van der Waals surface area contributed by atoms with Crippen molar-refractivity contribution in [2.24, 2.45) is 0 Å². The van der Waals surface area contributed by atoms with E-state index in [-0.39, 0.29) is 6.42 Å². The molecule has 1 aromatic heterocycles. The molecule has 1 aliphatic heterocycles. The van der Waals surface area contributed by atoms with Gasteiger partial charge in [0.1, 0.15) is 25.0 Å². The van der Waals surface area contributed by atoms with Crippen molar-refractivity contribution >= 4 is 11.9 Å². The highest BCUT2D eigenvalue weighted by atomic mass is 19.1. The van der Waals surface area contributed by atoms with E-state index in [0.29, 0.717) is 10.8 Å². The van der Waals surface area contributed by atoms with Crippen LogP contribution in [0.5, 0.6) is 0 Å². The summed E-state index contributed by atoms with van der Waals surface area (Å²) < 4.78 is 43.5. The average Bonchev–Trinajstić information content (AvgIpc) is 2.84. The number of hydrogen-bond acceptors (Lipinski definition) is 7. The van der Waals surface area contributed by atoms with Crippen LogP contribution in [0.4, 0.5) is 8.78 Å². The van der Waals surface area contributed by atoms with E-state index in [2.05, 4.69) is 0 Å². The lowest BCUT2D eigenvalue weighted by Crippen LogP contribution is -2.42. The molecular formula is C14H16F2N2O7. The minimum absolute atomic E-state index is 0.384. The second-order valence-corrected chi connectivity index (χ2v) is 5.62. The molecule has 11 heteroatoms. The van der Waals surface area contributed by atoms with Crippen LogP contribution < -0.4 is 11.2 Å². The third-order valence-corrected chi connectivity index (χ3v) is 3.52. The lowest BCUT2D eigenvalue weighted by molar-refractivity contribution is -0.173. The van der Waals surface area contributed by atoms with Gasteiger partial charge in [-0.1, -0.05) is 0 Å². The van der Waals surface area contributed by atoms with E-state index >= 15 is 0 Å². The molecule has 1 aliphatic rings. The number of aromatic nitrogens is 2. The topological polar surface area (TPSA) is 117 Å². The fourth-order valence-corrected chi connectivity index (χ4v) is 2.41. The Kier molecular flexibility index (Phi) is 5.36. The molecule has 0 amide bonds. The third-order valence-electron chi connectivity index (χ3n) is 3.52. The summed E-state index contributed by atoms with van der Waals surface area (Å²) in [5.41, 5.74) is -3.87. The molecule has 1 fully saturated rings. The zero-order valence-corrected chi connectivity index (χ0v) is 13.4. The van der Waals surface area contributed by atoms with Crippen LogP contribution in [-0.4, -0.2) is 46.5 Å². The van der Waals surface area contributed by atoms with Gasteiger partial charge in [-0.15, -0.1) is 0 Å². The molecule has 0 radical (unpaired) electrons. The first-order valence-corrected chi connectivity index (χ1v) is 7.23. The monoisotopic (exact) mass is 362 g/mol. The number of hydrogen-bond donors (Lipinski definition) is 1. The SMILES string of the molecule is CC(=O)OCC1(COC(C)=O)C[C@H](F)C(n2cc(F)c(=O)[nH]c2=O)O1. The molecular weight excluding hydrogens is 346 g/mol. The summed E-state index contributed by atoms with van der Waals surface area (Å²) in [5, 5.41) is 0. The Hall–Kier alpha value is -2.56. The largest absolute Gasteiger partial charge is 0.463 e. The van der Waals surface area contributed by atoms with Gasteiger partial charge in [0.05, 0.1) is 6.20 Å². The molecule has 9 nitrogen and oxygen atoms in total. The van der Waals surface area contributed by atoms with Crippen molar-refractivity contribution in [2.75, 3.05) is 13.2 Å². The van der Waals surface area contributed by atoms with Crippen molar-refractivity contribution in [3.8, 4) is 0 Å². The smallest absolute Gasteiger partial charge is 0.330 e. The lowest BCUT2D eigenvalue weighted by Gasteiger charge is -2.27. The highest BCUT2D eigenvalue weighted by Gasteiger charge is 2.50. The van der Waals surface area contributed by atoms with Crippen LogP contribution in [0.2, 0.25) is 0 Å². The molecule has 1 N–H and O–H groups in total. The van der Waals surface area contributed by atoms with Gasteiger partial charge in [0.2, 0.25) is 5.82 Å². The number of ether oxygens (including phenoxy) is 3. The fourth-order valence-electron chi connectivity index (χ4n) is 2.41. The van der Waals surface area contributed by atoms with Gasteiger partial charge in [0.15, 0.2) is 6.23 Å². The van der Waals surface area contributed by atoms with E-state index in [1.54, 1.807) is 4.98 Å². The minimum atomic E-state index is -1.81. The van der Waals surface area contributed by atoms with Gasteiger partial charge in [0, 0.05) is 20.3 Å². The molecule has 0 saturated carbocycles. The summed E-state index contributed by atoms with van der Waals surface area (Å²) >= 11 is 0. The van der Waals surface area contributed by atoms with Gasteiger partial charge in [-0.25, -0.2) is 9.18 Å². The number of alkyl halides is 1. The highest BCUT2D eigenvalue weighted by molar-refractivity contribution is 5.66. The zero-order valence-electron chi connectivity index (χ0n) is 13.4. The summed E-state index contributed by atoms with van der Waals surface area (Å²) in [6.45, 7) is 1.38. The molecule has 0 spiro atoms. The molecule has 2 heterocycles. The molecule has 0 bridgehead atoms. The van der Waals surface area contributed by atoms with Crippen LogP contribution in [0.3, 0.4) is 0 Å². The van der Waals surface area contributed by atoms with Crippen molar-refractivity contribution in [1.82, 2.24) is 9.55 Å². The number of nitrogens with one attached hydrogen (secondary N) is 1. The minimum Gasteiger partial charge on any atom is -0.463 e. The van der Waals surface area contributed by atoms with Gasteiger partial charge >= 0.3 is 17.6 Å². The number of carbonyl (C=O) groups excluding carboxylic acids is 2. The van der Waals surface area contributed by atoms with Crippen molar-refractivity contribution in [1.29, 1.82) is 0 Å². The Morgan fingerprint density at radius 2 is 1.88 bits per heavy atom. The predicted octanol–water partition coefficient (Wildman–Crippen LogP) is -0.202. The second kappa shape index (κ2) is 7.13. The van der Waals surface area contributed by atoms with E-state index in [4.69, 9.17) is 14.2 Å². The first-order valence-electron chi connectivity index (χ1n) is 7.23. The lowest BCUT2D eigenvalue weighted by atomic mass is 10.0. The summed E-state index contributed by atoms with van der Waals surface area (Å²) in [6.07, 6.45) is -3.27. The van der Waals surface area contributed by atoms with E-state index < -0.39 is 60.2 Å². The first-order chi connectivity index (χ1) is 11.6. The predicted molar refractivity (Wildman–Crippen MR) is 76.9 cm³/mol. The Labute approximate surface area is 139 Å². The molecule has 2 rings (SSSR count). The molecule has 138 valence electrons. The second-order valence-electron chi connectivity index (χ2n) is 5.62. The molecule has 0 aromatic carbocycles. The number of aromatic amines is 1. The highest BCUT2D eigenvalue weighted by Crippen LogP contribution is 2.38. The number of esters is 2. The van der Waals surface area contributed by atoms with Crippen LogP contribution in [0.1, 0.15) is 26.5 Å². The maximum Gasteiger partial charge on any atom is 0.330 e. The zero-order chi connectivity index (χ0) is 18.8. The van der Waals surface area contributed by atoms with Crippen molar-refractivity contribution in [2.45, 2.75) is 38.3 Å². The van der Waals surface area contributed by atoms with E-state index in [0.717, 1.165) is 13.8 Å². The average molecular weight is 362 g/mol. The van der Waals surface area contributed by atoms with Crippen molar-refractivity contribution < 1.29 is 32.6 Å². The Bertz CT molecular complexity index is 770. The molecule has 1 aromatic rings. The third kappa shape index (κ3) is 4.29. The summed E-state index contributed by atoms with van der Waals surface area (Å²) in [7, 11) is 0. The molecule has 0 aliphatic carbocycles. The van der Waals surface area contributed by atoms with Gasteiger partial charge in [-0.3, -0.25) is 23.9 Å². The maximum atomic E-state index is 14.4. The van der Waals surface area contributed by atoms with E-state index in [9.17, 15) is 28.0 Å². The van der Waals surface area contributed by atoms with Crippen LogP contribution in [-0.2, 0) is 23.8 Å². The Balaban J connectivity index is 2.32. The van der Waals surface area contributed by atoms with E-state index in [1.807, 2.05) is 0 Å². The molecule has 1 saturated heterocycles. The van der Waals surface area contributed by atoms with Crippen LogP contribution in [0.15, 0.2) is 15.8 Å². The number of nitrogens with zero attached hydrogens (tertiary/aromatic N) is 1. The van der Waals surface area contributed by atoms with Crippen LogP contribution in [0, 0.1) is 5.82 Å². The van der Waals surface area contributed by atoms with E-state index in [1.165, 1.54) is 0 Å². The number of carbonyl (C=O) groups is 2. The molecule has 2 atom stereocenters. The number of H-pyrrole nitrogens is 1. The quantitative estimate of drug-likeness (QED) is 0.721. The van der Waals surface area contributed by atoms with Crippen LogP contribution in [0.25, 0.3) is 0 Å². The summed E-state index contributed by atoms with van der Waals surface area (Å²) in [6, 6.07) is 0. The maximum absolute atomic E-state index is 14.4. The first kappa shape index (κ1) is 18.8. The molecule has 25 heavy (non-hydrogen) atoms. The fraction of sp³-hybridized carbons (Fsp3) is 0.571.